The summed E-state index contributed by atoms with van der Waals surface area (Å²) in [7, 11) is 1.64. The molecule has 4 heteroatoms. The maximum Gasteiger partial charge on any atom is 0.141 e. The van der Waals surface area contributed by atoms with Crippen molar-refractivity contribution < 1.29 is 4.74 Å². The summed E-state index contributed by atoms with van der Waals surface area (Å²) in [6, 6.07) is 12.1. The number of benzene rings is 1. The van der Waals surface area contributed by atoms with Crippen LogP contribution in [0.4, 0.5) is 0 Å². The van der Waals surface area contributed by atoms with Gasteiger partial charge in [-0.2, -0.15) is 0 Å². The van der Waals surface area contributed by atoms with E-state index in [1.54, 1.807) is 19.5 Å². The van der Waals surface area contributed by atoms with Crippen LogP contribution in [-0.2, 0) is 6.42 Å². The number of ether oxygens (including phenoxy) is 1. The van der Waals surface area contributed by atoms with Crippen molar-refractivity contribution in [3.63, 3.8) is 0 Å². The summed E-state index contributed by atoms with van der Waals surface area (Å²) in [6.45, 7) is 0. The Morgan fingerprint density at radius 2 is 2.06 bits per heavy atom. The zero-order valence-corrected chi connectivity index (χ0v) is 10.3. The van der Waals surface area contributed by atoms with Gasteiger partial charge in [-0.25, -0.2) is 0 Å². The normalized spacial score (nSPS) is 12.1. The van der Waals surface area contributed by atoms with E-state index in [2.05, 4.69) is 22.5 Å². The molecule has 0 aliphatic carbocycles. The van der Waals surface area contributed by atoms with Gasteiger partial charge in [0.05, 0.1) is 19.3 Å². The van der Waals surface area contributed by atoms with E-state index in [4.69, 9.17) is 10.6 Å². The summed E-state index contributed by atoms with van der Waals surface area (Å²) in [4.78, 5) is 4.05. The lowest BCUT2D eigenvalue weighted by Gasteiger charge is -2.18. The number of nitrogens with one attached hydrogen (secondary N) is 1. The van der Waals surface area contributed by atoms with Crippen molar-refractivity contribution in [2.45, 2.75) is 12.5 Å². The number of nitrogens with zero attached hydrogens (tertiary/aromatic N) is 1. The van der Waals surface area contributed by atoms with Crippen LogP contribution >= 0.6 is 0 Å². The minimum Gasteiger partial charge on any atom is -0.495 e. The van der Waals surface area contributed by atoms with Crippen LogP contribution in [0.1, 0.15) is 17.2 Å². The molecule has 0 fully saturated rings. The molecule has 0 spiro atoms. The average molecular weight is 243 g/mol. The predicted octanol–water partition coefficient (Wildman–Crippen LogP) is 1.84. The molecular weight excluding hydrogens is 226 g/mol. The molecule has 0 saturated heterocycles. The van der Waals surface area contributed by atoms with E-state index in [1.165, 1.54) is 5.56 Å². The number of nitrogens with two attached hydrogens (primary N) is 1. The number of pyridine rings is 1. The van der Waals surface area contributed by atoms with Crippen LogP contribution in [0.3, 0.4) is 0 Å². The van der Waals surface area contributed by atoms with Crippen LogP contribution in [0, 0.1) is 0 Å². The maximum atomic E-state index is 5.65. The second-order valence-corrected chi connectivity index (χ2v) is 4.03. The number of hydrogen-bond donors (Lipinski definition) is 2. The molecule has 0 bridgehead atoms. The van der Waals surface area contributed by atoms with Crippen molar-refractivity contribution >= 4 is 0 Å². The summed E-state index contributed by atoms with van der Waals surface area (Å²) >= 11 is 0. The fourth-order valence-electron chi connectivity index (χ4n) is 1.96. The topological polar surface area (TPSA) is 60.2 Å². The summed E-state index contributed by atoms with van der Waals surface area (Å²) in [5.41, 5.74) is 5.07. The lowest BCUT2D eigenvalue weighted by atomic mass is 10.00. The third kappa shape index (κ3) is 2.85. The Hall–Kier alpha value is -1.91. The van der Waals surface area contributed by atoms with Gasteiger partial charge in [0.15, 0.2) is 0 Å². The number of hydrazine groups is 1. The third-order valence-electron chi connectivity index (χ3n) is 2.90. The first-order valence-electron chi connectivity index (χ1n) is 5.83. The lowest BCUT2D eigenvalue weighted by molar-refractivity contribution is 0.397. The Morgan fingerprint density at radius 3 is 2.72 bits per heavy atom. The minimum absolute atomic E-state index is 0.00495. The first kappa shape index (κ1) is 12.5. The van der Waals surface area contributed by atoms with Gasteiger partial charge in [0, 0.05) is 11.8 Å². The molecule has 94 valence electrons. The predicted molar refractivity (Wildman–Crippen MR) is 71.0 cm³/mol. The highest BCUT2D eigenvalue weighted by molar-refractivity contribution is 5.34. The molecule has 1 aromatic heterocycles. The Morgan fingerprint density at radius 1 is 1.28 bits per heavy atom. The van der Waals surface area contributed by atoms with E-state index in [1.807, 2.05) is 24.3 Å². The molecule has 1 atom stereocenters. The zero-order valence-electron chi connectivity index (χ0n) is 10.3. The van der Waals surface area contributed by atoms with Crippen molar-refractivity contribution in [3.05, 3.63) is 59.9 Å². The number of rotatable bonds is 5. The quantitative estimate of drug-likeness (QED) is 0.621. The van der Waals surface area contributed by atoms with Crippen LogP contribution in [0.5, 0.6) is 5.75 Å². The van der Waals surface area contributed by atoms with Crippen molar-refractivity contribution in [2.75, 3.05) is 7.11 Å². The van der Waals surface area contributed by atoms with Gasteiger partial charge >= 0.3 is 0 Å². The molecule has 2 rings (SSSR count). The first-order chi connectivity index (χ1) is 8.85. The van der Waals surface area contributed by atoms with Crippen molar-refractivity contribution in [3.8, 4) is 5.75 Å². The largest absolute Gasteiger partial charge is 0.495 e. The molecule has 1 aromatic carbocycles. The Balaban J connectivity index is 2.23. The average Bonchev–Trinajstić information content (AvgIpc) is 2.46. The standard InChI is InChI=1S/C14H17N3O/c1-18-14-10-16-8-7-12(14)13(17-15)9-11-5-3-2-4-6-11/h2-8,10,13,17H,9,15H2,1H3. The number of methoxy groups -OCH3 is 1. The molecular formula is C14H17N3O. The van der Waals surface area contributed by atoms with Crippen molar-refractivity contribution in [1.82, 2.24) is 10.4 Å². The molecule has 2 aromatic rings. The second-order valence-electron chi connectivity index (χ2n) is 4.03. The first-order valence-corrected chi connectivity index (χ1v) is 5.83. The molecule has 4 nitrogen and oxygen atoms in total. The number of aromatic nitrogens is 1. The Kier molecular flexibility index (Phi) is 4.28. The molecule has 1 heterocycles. The minimum atomic E-state index is 0.00495. The fourth-order valence-corrected chi connectivity index (χ4v) is 1.96. The molecule has 18 heavy (non-hydrogen) atoms. The van der Waals surface area contributed by atoms with Crippen LogP contribution in [0.15, 0.2) is 48.8 Å². The van der Waals surface area contributed by atoms with Crippen LogP contribution in [-0.4, -0.2) is 12.1 Å². The zero-order chi connectivity index (χ0) is 12.8. The van der Waals surface area contributed by atoms with Gasteiger partial charge in [-0.05, 0) is 18.1 Å². The molecule has 0 aliphatic heterocycles. The van der Waals surface area contributed by atoms with Gasteiger partial charge < -0.3 is 4.74 Å². The van der Waals surface area contributed by atoms with Crippen LogP contribution < -0.4 is 16.0 Å². The van der Waals surface area contributed by atoms with Gasteiger partial charge in [0.25, 0.3) is 0 Å². The van der Waals surface area contributed by atoms with Gasteiger partial charge in [-0.1, -0.05) is 30.3 Å². The van der Waals surface area contributed by atoms with E-state index >= 15 is 0 Å². The Labute approximate surface area is 107 Å². The smallest absolute Gasteiger partial charge is 0.141 e. The monoisotopic (exact) mass is 243 g/mol. The highest BCUT2D eigenvalue weighted by Gasteiger charge is 2.15. The van der Waals surface area contributed by atoms with Gasteiger partial charge in [-0.15, -0.1) is 0 Å². The van der Waals surface area contributed by atoms with E-state index in [-0.39, 0.29) is 6.04 Å². The Bertz CT molecular complexity index is 487. The van der Waals surface area contributed by atoms with Gasteiger partial charge in [0.1, 0.15) is 5.75 Å². The second kappa shape index (κ2) is 6.14. The summed E-state index contributed by atoms with van der Waals surface area (Å²) < 4.78 is 5.31. The number of hydrogen-bond acceptors (Lipinski definition) is 4. The molecule has 0 saturated carbocycles. The fraction of sp³-hybridized carbons (Fsp3) is 0.214. The van der Waals surface area contributed by atoms with Gasteiger partial charge in [-0.3, -0.25) is 16.3 Å². The summed E-state index contributed by atoms with van der Waals surface area (Å²) in [6.07, 6.45) is 4.25. The highest BCUT2D eigenvalue weighted by Crippen LogP contribution is 2.25. The van der Waals surface area contributed by atoms with Gasteiger partial charge in [0.2, 0.25) is 0 Å². The summed E-state index contributed by atoms with van der Waals surface area (Å²) in [5, 5.41) is 0. The van der Waals surface area contributed by atoms with E-state index in [9.17, 15) is 0 Å². The highest BCUT2D eigenvalue weighted by atomic mass is 16.5. The third-order valence-corrected chi connectivity index (χ3v) is 2.90. The van der Waals surface area contributed by atoms with Crippen LogP contribution in [0.25, 0.3) is 0 Å². The lowest BCUT2D eigenvalue weighted by Crippen LogP contribution is -2.29. The molecule has 1 unspecified atom stereocenters. The molecule has 0 radical (unpaired) electrons. The van der Waals surface area contributed by atoms with E-state index < -0.39 is 0 Å². The van der Waals surface area contributed by atoms with Crippen molar-refractivity contribution in [2.24, 2.45) is 5.84 Å². The van der Waals surface area contributed by atoms with Crippen molar-refractivity contribution in [1.29, 1.82) is 0 Å². The summed E-state index contributed by atoms with van der Waals surface area (Å²) in [5.74, 6) is 6.40. The molecule has 0 aliphatic rings. The maximum absolute atomic E-state index is 5.65. The SMILES string of the molecule is COc1cnccc1C(Cc1ccccc1)NN. The molecule has 0 amide bonds. The van der Waals surface area contributed by atoms with Crippen LogP contribution in [0.2, 0.25) is 0 Å². The van der Waals surface area contributed by atoms with E-state index in [0.717, 1.165) is 17.7 Å². The molecule has 3 N–H and O–H groups in total. The van der Waals surface area contributed by atoms with E-state index in [0.29, 0.717) is 0 Å².